The van der Waals surface area contributed by atoms with Gasteiger partial charge in [-0.05, 0) is 44.5 Å². The smallest absolute Gasteiger partial charge is 0.273 e. The quantitative estimate of drug-likeness (QED) is 0.600. The molecule has 2 aromatic rings. The zero-order valence-electron chi connectivity index (χ0n) is 14.2. The number of ether oxygens (including phenoxy) is 1. The van der Waals surface area contributed by atoms with E-state index in [0.29, 0.717) is 17.9 Å². The number of aryl methyl sites for hydroxylation is 1. The first kappa shape index (κ1) is 18.9. The number of hydrogen-bond acceptors (Lipinski definition) is 5. The van der Waals surface area contributed by atoms with E-state index < -0.39 is 21.0 Å². The number of nitro benzene ring substituents is 1. The van der Waals surface area contributed by atoms with Crippen molar-refractivity contribution in [2.45, 2.75) is 31.7 Å². The molecule has 2 aromatic carbocycles. The van der Waals surface area contributed by atoms with Gasteiger partial charge >= 0.3 is 0 Å². The highest BCUT2D eigenvalue weighted by molar-refractivity contribution is 7.89. The largest absolute Gasteiger partial charge is 0.494 e. The molecular weight excluding hydrogens is 344 g/mol. The molecule has 1 unspecified atom stereocenters. The Kier molecular flexibility index (Phi) is 5.76. The third kappa shape index (κ3) is 4.55. The molecule has 0 heterocycles. The SMILES string of the molecule is CCOc1ccc(C(C)NS(=O)(=O)c2ccc(C)c([N+](=O)[O-])c2)cc1. The number of nitro groups is 1. The Balaban J connectivity index is 2.23. The van der Waals surface area contributed by atoms with Crippen LogP contribution in [0.3, 0.4) is 0 Å². The lowest BCUT2D eigenvalue weighted by atomic mass is 10.1. The van der Waals surface area contributed by atoms with E-state index in [1.807, 2.05) is 6.92 Å². The predicted molar refractivity (Wildman–Crippen MR) is 94.2 cm³/mol. The molecule has 0 bridgehead atoms. The van der Waals surface area contributed by atoms with Gasteiger partial charge in [-0.3, -0.25) is 10.1 Å². The summed E-state index contributed by atoms with van der Waals surface area (Å²) >= 11 is 0. The zero-order chi connectivity index (χ0) is 18.6. The van der Waals surface area contributed by atoms with Gasteiger partial charge in [0.25, 0.3) is 5.69 Å². The molecule has 0 saturated carbocycles. The highest BCUT2D eigenvalue weighted by atomic mass is 32.2. The first-order valence-electron chi connectivity index (χ1n) is 7.74. The summed E-state index contributed by atoms with van der Waals surface area (Å²) in [6, 6.07) is 10.4. The van der Waals surface area contributed by atoms with Gasteiger partial charge in [0.1, 0.15) is 5.75 Å². The Bertz CT molecular complexity index is 863. The standard InChI is InChI=1S/C17H20N2O5S/c1-4-24-15-8-6-14(7-9-15)13(3)18-25(22,23)16-10-5-12(2)17(11-16)19(20)21/h5-11,13,18H,4H2,1-3H3. The molecule has 0 spiro atoms. The van der Waals surface area contributed by atoms with E-state index in [2.05, 4.69) is 4.72 Å². The van der Waals surface area contributed by atoms with Crippen molar-refractivity contribution < 1.29 is 18.1 Å². The lowest BCUT2D eigenvalue weighted by molar-refractivity contribution is -0.385. The number of sulfonamides is 1. The fourth-order valence-electron chi connectivity index (χ4n) is 2.34. The molecule has 0 aromatic heterocycles. The summed E-state index contributed by atoms with van der Waals surface area (Å²) in [7, 11) is -3.89. The van der Waals surface area contributed by atoms with Crippen LogP contribution in [0.5, 0.6) is 5.75 Å². The molecular formula is C17H20N2O5S. The lowest BCUT2D eigenvalue weighted by Crippen LogP contribution is -2.27. The number of nitrogens with one attached hydrogen (secondary N) is 1. The normalized spacial score (nSPS) is 12.6. The van der Waals surface area contributed by atoms with Crippen molar-refractivity contribution in [3.05, 3.63) is 63.7 Å². The van der Waals surface area contributed by atoms with Gasteiger partial charge in [0.05, 0.1) is 16.4 Å². The minimum atomic E-state index is -3.89. The number of hydrogen-bond donors (Lipinski definition) is 1. The molecule has 8 heteroatoms. The summed E-state index contributed by atoms with van der Waals surface area (Å²) in [5.74, 6) is 0.704. The van der Waals surface area contributed by atoms with Crippen LogP contribution < -0.4 is 9.46 Å². The predicted octanol–water partition coefficient (Wildman–Crippen LogP) is 3.34. The molecule has 2 rings (SSSR count). The van der Waals surface area contributed by atoms with E-state index in [1.54, 1.807) is 38.1 Å². The molecule has 134 valence electrons. The second-order valence-corrected chi connectivity index (χ2v) is 7.26. The Labute approximate surface area is 146 Å². The monoisotopic (exact) mass is 364 g/mol. The molecule has 1 atom stereocenters. The maximum atomic E-state index is 12.5. The molecule has 0 fully saturated rings. The Morgan fingerprint density at radius 1 is 1.20 bits per heavy atom. The van der Waals surface area contributed by atoms with Crippen molar-refractivity contribution in [3.8, 4) is 5.75 Å². The van der Waals surface area contributed by atoms with E-state index in [-0.39, 0.29) is 10.6 Å². The zero-order valence-corrected chi connectivity index (χ0v) is 15.0. The second kappa shape index (κ2) is 7.62. The average molecular weight is 364 g/mol. The van der Waals surface area contributed by atoms with Crippen molar-refractivity contribution in [2.24, 2.45) is 0 Å². The molecule has 0 amide bonds. The molecule has 0 radical (unpaired) electrons. The molecule has 7 nitrogen and oxygen atoms in total. The van der Waals surface area contributed by atoms with E-state index in [4.69, 9.17) is 4.74 Å². The first-order valence-corrected chi connectivity index (χ1v) is 9.23. The third-order valence-corrected chi connectivity index (χ3v) is 5.25. The van der Waals surface area contributed by atoms with Crippen LogP contribution in [0.4, 0.5) is 5.69 Å². The molecule has 25 heavy (non-hydrogen) atoms. The van der Waals surface area contributed by atoms with Crippen LogP contribution in [0.15, 0.2) is 47.4 Å². The minimum Gasteiger partial charge on any atom is -0.494 e. The van der Waals surface area contributed by atoms with E-state index >= 15 is 0 Å². The molecule has 0 saturated heterocycles. The van der Waals surface area contributed by atoms with Gasteiger partial charge in [-0.2, -0.15) is 0 Å². The van der Waals surface area contributed by atoms with Gasteiger partial charge in [-0.15, -0.1) is 0 Å². The summed E-state index contributed by atoms with van der Waals surface area (Å²) in [6.07, 6.45) is 0. The first-order chi connectivity index (χ1) is 11.7. The van der Waals surface area contributed by atoms with Crippen LogP contribution >= 0.6 is 0 Å². The van der Waals surface area contributed by atoms with Crippen LogP contribution in [0.25, 0.3) is 0 Å². The van der Waals surface area contributed by atoms with Crippen LogP contribution in [0.2, 0.25) is 0 Å². The average Bonchev–Trinajstić information content (AvgIpc) is 2.55. The Morgan fingerprint density at radius 2 is 1.84 bits per heavy atom. The number of nitrogens with zero attached hydrogens (tertiary/aromatic N) is 1. The molecule has 1 N–H and O–H groups in total. The van der Waals surface area contributed by atoms with Gasteiger partial charge in [0.15, 0.2) is 0 Å². The highest BCUT2D eigenvalue weighted by Gasteiger charge is 2.22. The highest BCUT2D eigenvalue weighted by Crippen LogP contribution is 2.24. The van der Waals surface area contributed by atoms with Crippen LogP contribution in [-0.2, 0) is 10.0 Å². The van der Waals surface area contributed by atoms with Gasteiger partial charge < -0.3 is 4.74 Å². The summed E-state index contributed by atoms with van der Waals surface area (Å²) in [5, 5.41) is 11.0. The Hall–Kier alpha value is -2.45. The van der Waals surface area contributed by atoms with E-state index in [9.17, 15) is 18.5 Å². The maximum absolute atomic E-state index is 12.5. The summed E-state index contributed by atoms with van der Waals surface area (Å²) in [4.78, 5) is 10.3. The van der Waals surface area contributed by atoms with Crippen LogP contribution in [0, 0.1) is 17.0 Å². The topological polar surface area (TPSA) is 98.5 Å². The third-order valence-electron chi connectivity index (χ3n) is 3.71. The van der Waals surface area contributed by atoms with Gasteiger partial charge in [0.2, 0.25) is 10.0 Å². The van der Waals surface area contributed by atoms with Crippen molar-refractivity contribution in [1.29, 1.82) is 0 Å². The second-order valence-electron chi connectivity index (χ2n) is 5.55. The molecule has 0 aliphatic heterocycles. The fraction of sp³-hybridized carbons (Fsp3) is 0.294. The Morgan fingerprint density at radius 3 is 2.40 bits per heavy atom. The summed E-state index contributed by atoms with van der Waals surface area (Å²) in [6.45, 7) is 5.69. The van der Waals surface area contributed by atoms with Gasteiger partial charge in [-0.25, -0.2) is 13.1 Å². The molecule has 0 aliphatic rings. The summed E-state index contributed by atoms with van der Waals surface area (Å²) < 4.78 is 32.9. The number of rotatable bonds is 7. The van der Waals surface area contributed by atoms with Crippen LogP contribution in [0.1, 0.15) is 31.0 Å². The molecule has 0 aliphatic carbocycles. The maximum Gasteiger partial charge on any atom is 0.273 e. The van der Waals surface area contributed by atoms with Gasteiger partial charge in [0, 0.05) is 17.7 Å². The van der Waals surface area contributed by atoms with Crippen molar-refractivity contribution >= 4 is 15.7 Å². The van der Waals surface area contributed by atoms with E-state index in [1.165, 1.54) is 12.1 Å². The minimum absolute atomic E-state index is 0.136. The van der Waals surface area contributed by atoms with Crippen molar-refractivity contribution in [2.75, 3.05) is 6.61 Å². The summed E-state index contributed by atoms with van der Waals surface area (Å²) in [5.41, 5.74) is 0.939. The van der Waals surface area contributed by atoms with E-state index in [0.717, 1.165) is 11.6 Å². The van der Waals surface area contributed by atoms with Crippen molar-refractivity contribution in [3.63, 3.8) is 0 Å². The van der Waals surface area contributed by atoms with Crippen LogP contribution in [-0.4, -0.2) is 19.9 Å². The fourth-order valence-corrected chi connectivity index (χ4v) is 3.59. The number of benzene rings is 2. The van der Waals surface area contributed by atoms with Gasteiger partial charge in [-0.1, -0.05) is 18.2 Å². The van der Waals surface area contributed by atoms with Crippen molar-refractivity contribution in [1.82, 2.24) is 4.72 Å². The lowest BCUT2D eigenvalue weighted by Gasteiger charge is -2.15.